The Morgan fingerprint density at radius 1 is 1.53 bits per heavy atom. The SMILES string of the molecule is Cn1c(C(=O)NCC2(O)CCCC2)ccc1[N+](=O)[O-]. The van der Waals surface area contributed by atoms with Gasteiger partial charge >= 0.3 is 5.82 Å². The summed E-state index contributed by atoms with van der Waals surface area (Å²) in [5.41, 5.74) is -0.611. The van der Waals surface area contributed by atoms with Crippen LogP contribution in [-0.4, -0.2) is 32.6 Å². The summed E-state index contributed by atoms with van der Waals surface area (Å²) in [6, 6.07) is 2.70. The van der Waals surface area contributed by atoms with Gasteiger partial charge < -0.3 is 20.5 Å². The van der Waals surface area contributed by atoms with Gasteiger partial charge in [0.2, 0.25) is 0 Å². The number of carbonyl (C=O) groups excluding carboxylic acids is 1. The van der Waals surface area contributed by atoms with Gasteiger partial charge in [-0.15, -0.1) is 0 Å². The summed E-state index contributed by atoms with van der Waals surface area (Å²) in [6.07, 6.45) is 3.28. The normalized spacial score (nSPS) is 17.4. The second-order valence-corrected chi connectivity index (χ2v) is 5.01. The minimum Gasteiger partial charge on any atom is -0.388 e. The molecule has 0 bridgehead atoms. The Kier molecular flexibility index (Phi) is 3.57. The number of aromatic nitrogens is 1. The van der Waals surface area contributed by atoms with E-state index in [4.69, 9.17) is 0 Å². The number of carbonyl (C=O) groups is 1. The van der Waals surface area contributed by atoms with Crippen molar-refractivity contribution >= 4 is 11.7 Å². The van der Waals surface area contributed by atoms with Crippen LogP contribution in [0.25, 0.3) is 0 Å². The lowest BCUT2D eigenvalue weighted by atomic mass is 10.0. The van der Waals surface area contributed by atoms with Crippen LogP contribution in [0.15, 0.2) is 12.1 Å². The van der Waals surface area contributed by atoms with E-state index in [1.165, 1.54) is 23.7 Å². The Morgan fingerprint density at radius 2 is 2.16 bits per heavy atom. The number of amides is 1. The van der Waals surface area contributed by atoms with Crippen molar-refractivity contribution in [2.75, 3.05) is 6.54 Å². The monoisotopic (exact) mass is 267 g/mol. The molecular formula is C12H17N3O4. The highest BCUT2D eigenvalue weighted by molar-refractivity contribution is 5.93. The van der Waals surface area contributed by atoms with Gasteiger partial charge in [0, 0.05) is 12.6 Å². The van der Waals surface area contributed by atoms with Gasteiger partial charge in [0.25, 0.3) is 5.91 Å². The lowest BCUT2D eigenvalue weighted by Crippen LogP contribution is -2.41. The average Bonchev–Trinajstić information content (AvgIpc) is 2.93. The lowest BCUT2D eigenvalue weighted by molar-refractivity contribution is -0.391. The van der Waals surface area contributed by atoms with Crippen molar-refractivity contribution in [3.63, 3.8) is 0 Å². The zero-order valence-corrected chi connectivity index (χ0v) is 10.8. The fourth-order valence-electron chi connectivity index (χ4n) is 2.46. The Bertz CT molecular complexity index is 503. The van der Waals surface area contributed by atoms with E-state index in [9.17, 15) is 20.0 Å². The Hall–Kier alpha value is -1.89. The van der Waals surface area contributed by atoms with Gasteiger partial charge in [-0.25, -0.2) is 4.57 Å². The molecule has 2 N–H and O–H groups in total. The van der Waals surface area contributed by atoms with E-state index in [1.54, 1.807) is 0 Å². The molecule has 19 heavy (non-hydrogen) atoms. The molecule has 1 aromatic heterocycles. The van der Waals surface area contributed by atoms with E-state index in [-0.39, 0.29) is 18.1 Å². The van der Waals surface area contributed by atoms with Crippen LogP contribution in [-0.2, 0) is 7.05 Å². The summed E-state index contributed by atoms with van der Waals surface area (Å²) in [7, 11) is 1.47. The lowest BCUT2D eigenvalue weighted by Gasteiger charge is -2.21. The first-order valence-corrected chi connectivity index (χ1v) is 6.24. The quantitative estimate of drug-likeness (QED) is 0.627. The number of rotatable bonds is 4. The first kappa shape index (κ1) is 13.5. The molecule has 0 saturated heterocycles. The maximum absolute atomic E-state index is 11.9. The standard InChI is InChI=1S/C12H17N3O4/c1-14-9(4-5-10(14)15(18)19)11(16)13-8-12(17)6-2-3-7-12/h4-5,17H,2-3,6-8H2,1H3,(H,13,16). The third-order valence-corrected chi connectivity index (χ3v) is 3.63. The van der Waals surface area contributed by atoms with E-state index in [1.807, 2.05) is 0 Å². The first-order chi connectivity index (χ1) is 8.93. The highest BCUT2D eigenvalue weighted by Gasteiger charge is 2.32. The molecule has 0 aliphatic heterocycles. The first-order valence-electron chi connectivity index (χ1n) is 6.24. The summed E-state index contributed by atoms with van der Waals surface area (Å²) in [5, 5.41) is 23.5. The minimum atomic E-state index is -0.827. The molecule has 0 aromatic carbocycles. The highest BCUT2D eigenvalue weighted by atomic mass is 16.6. The molecule has 1 aromatic rings. The van der Waals surface area contributed by atoms with Crippen molar-refractivity contribution in [1.29, 1.82) is 0 Å². The van der Waals surface area contributed by atoms with Crippen LogP contribution in [0.1, 0.15) is 36.2 Å². The molecule has 0 atom stereocenters. The third kappa shape index (κ3) is 2.76. The van der Waals surface area contributed by atoms with Crippen LogP contribution >= 0.6 is 0 Å². The molecule has 1 fully saturated rings. The molecule has 1 saturated carbocycles. The van der Waals surface area contributed by atoms with E-state index < -0.39 is 16.4 Å². The molecular weight excluding hydrogens is 250 g/mol. The minimum absolute atomic E-state index is 0.135. The summed E-state index contributed by atoms with van der Waals surface area (Å²) < 4.78 is 1.23. The van der Waals surface area contributed by atoms with Crippen LogP contribution < -0.4 is 5.32 Å². The topological polar surface area (TPSA) is 97.4 Å². The molecule has 0 radical (unpaired) electrons. The van der Waals surface area contributed by atoms with E-state index in [2.05, 4.69) is 5.32 Å². The van der Waals surface area contributed by atoms with Crippen molar-refractivity contribution in [3.05, 3.63) is 27.9 Å². The number of aliphatic hydroxyl groups is 1. The van der Waals surface area contributed by atoms with Crippen molar-refractivity contribution in [2.24, 2.45) is 7.05 Å². The summed E-state index contributed by atoms with van der Waals surface area (Å²) in [6.45, 7) is 0.185. The molecule has 1 aliphatic rings. The van der Waals surface area contributed by atoms with Gasteiger partial charge in [0.15, 0.2) is 5.69 Å². The summed E-state index contributed by atoms with van der Waals surface area (Å²) in [5.74, 6) is -0.541. The van der Waals surface area contributed by atoms with Crippen molar-refractivity contribution in [3.8, 4) is 0 Å². The Balaban J connectivity index is 2.02. The molecule has 0 spiro atoms. The van der Waals surface area contributed by atoms with Gasteiger partial charge in [0.1, 0.15) is 0 Å². The van der Waals surface area contributed by atoms with Gasteiger partial charge in [0.05, 0.1) is 12.6 Å². The molecule has 2 rings (SSSR count). The van der Waals surface area contributed by atoms with Crippen molar-refractivity contribution < 1.29 is 14.8 Å². The number of nitrogens with one attached hydrogen (secondary N) is 1. The van der Waals surface area contributed by atoms with Crippen LogP contribution in [0.5, 0.6) is 0 Å². The van der Waals surface area contributed by atoms with Gasteiger partial charge in [-0.05, 0) is 23.8 Å². The fraction of sp³-hybridized carbons (Fsp3) is 0.583. The van der Waals surface area contributed by atoms with Crippen molar-refractivity contribution in [2.45, 2.75) is 31.3 Å². The van der Waals surface area contributed by atoms with Gasteiger partial charge in [-0.1, -0.05) is 12.8 Å². The number of nitro groups is 1. The molecule has 7 nitrogen and oxygen atoms in total. The van der Waals surface area contributed by atoms with Crippen LogP contribution in [0.4, 0.5) is 5.82 Å². The second-order valence-electron chi connectivity index (χ2n) is 5.01. The zero-order chi connectivity index (χ0) is 14.0. The molecule has 0 unspecified atom stereocenters. The molecule has 7 heteroatoms. The van der Waals surface area contributed by atoms with Crippen molar-refractivity contribution in [1.82, 2.24) is 9.88 Å². The summed E-state index contributed by atoms with van der Waals surface area (Å²) >= 11 is 0. The van der Waals surface area contributed by atoms with Gasteiger partial charge in [-0.2, -0.15) is 0 Å². The predicted molar refractivity (Wildman–Crippen MR) is 67.8 cm³/mol. The average molecular weight is 267 g/mol. The van der Waals surface area contributed by atoms with Gasteiger partial charge in [-0.3, -0.25) is 4.79 Å². The second kappa shape index (κ2) is 5.00. The Labute approximate surface area is 110 Å². The maximum Gasteiger partial charge on any atom is 0.323 e. The highest BCUT2D eigenvalue weighted by Crippen LogP contribution is 2.28. The van der Waals surface area contributed by atoms with E-state index >= 15 is 0 Å². The van der Waals surface area contributed by atoms with Crippen LogP contribution in [0, 0.1) is 10.1 Å². The summed E-state index contributed by atoms with van der Waals surface area (Å²) in [4.78, 5) is 22.1. The maximum atomic E-state index is 11.9. The largest absolute Gasteiger partial charge is 0.388 e. The number of nitrogens with zero attached hydrogens (tertiary/aromatic N) is 2. The fourth-order valence-corrected chi connectivity index (χ4v) is 2.46. The number of hydrogen-bond donors (Lipinski definition) is 2. The molecule has 1 amide bonds. The predicted octanol–water partition coefficient (Wildman–Crippen LogP) is 0.968. The van der Waals surface area contributed by atoms with Crippen LogP contribution in [0.3, 0.4) is 0 Å². The third-order valence-electron chi connectivity index (χ3n) is 3.63. The smallest absolute Gasteiger partial charge is 0.323 e. The van der Waals surface area contributed by atoms with E-state index in [0.29, 0.717) is 12.8 Å². The molecule has 1 aliphatic carbocycles. The molecule has 1 heterocycles. The molecule has 104 valence electrons. The zero-order valence-electron chi connectivity index (χ0n) is 10.8. The number of hydrogen-bond acceptors (Lipinski definition) is 4. The van der Waals surface area contributed by atoms with Crippen LogP contribution in [0.2, 0.25) is 0 Å². The van der Waals surface area contributed by atoms with E-state index in [0.717, 1.165) is 12.8 Å². The Morgan fingerprint density at radius 3 is 2.68 bits per heavy atom.